The Labute approximate surface area is 156 Å². The van der Waals surface area contributed by atoms with Crippen LogP contribution in [0.15, 0.2) is 4.99 Å². The number of carbonyl (C=O) groups is 1. The SMILES string of the molecule is CN=C(NCC1COCCO1)N1CCN(C(C)C(=O)N2CCCC2)CC1. The van der Waals surface area contributed by atoms with Gasteiger partial charge in [0.25, 0.3) is 0 Å². The Morgan fingerprint density at radius 1 is 1.12 bits per heavy atom. The number of likely N-dealkylation sites (tertiary alicyclic amines) is 1. The molecule has 26 heavy (non-hydrogen) atoms. The molecule has 0 aromatic rings. The first-order valence-corrected chi connectivity index (χ1v) is 9.87. The normalized spacial score (nSPS) is 26.8. The summed E-state index contributed by atoms with van der Waals surface area (Å²) in [6.07, 6.45) is 2.37. The molecule has 148 valence electrons. The van der Waals surface area contributed by atoms with Crippen LogP contribution in [0.2, 0.25) is 0 Å². The second-order valence-corrected chi connectivity index (χ2v) is 7.23. The van der Waals surface area contributed by atoms with Gasteiger partial charge in [-0.2, -0.15) is 0 Å². The van der Waals surface area contributed by atoms with Crippen LogP contribution in [0.3, 0.4) is 0 Å². The van der Waals surface area contributed by atoms with Crippen LogP contribution in [0.25, 0.3) is 0 Å². The molecule has 3 heterocycles. The molecule has 0 aromatic heterocycles. The largest absolute Gasteiger partial charge is 0.376 e. The predicted octanol–water partition coefficient (Wildman–Crippen LogP) is -0.394. The zero-order valence-electron chi connectivity index (χ0n) is 16.2. The summed E-state index contributed by atoms with van der Waals surface area (Å²) in [5.74, 6) is 1.19. The van der Waals surface area contributed by atoms with Gasteiger partial charge in [-0.05, 0) is 19.8 Å². The maximum atomic E-state index is 12.6. The van der Waals surface area contributed by atoms with E-state index in [4.69, 9.17) is 9.47 Å². The first-order valence-electron chi connectivity index (χ1n) is 9.87. The minimum atomic E-state index is -0.0296. The minimum absolute atomic E-state index is 0.0296. The quantitative estimate of drug-likeness (QED) is 0.539. The maximum Gasteiger partial charge on any atom is 0.239 e. The fourth-order valence-electron chi connectivity index (χ4n) is 3.87. The van der Waals surface area contributed by atoms with Crippen LogP contribution in [0, 0.1) is 0 Å². The molecule has 3 fully saturated rings. The molecule has 0 aliphatic carbocycles. The van der Waals surface area contributed by atoms with Gasteiger partial charge in [0.15, 0.2) is 5.96 Å². The van der Waals surface area contributed by atoms with Crippen LogP contribution in [-0.4, -0.2) is 111 Å². The number of rotatable bonds is 4. The van der Waals surface area contributed by atoms with Gasteiger partial charge in [0.05, 0.1) is 32.0 Å². The fraction of sp³-hybridized carbons (Fsp3) is 0.889. The molecule has 0 spiro atoms. The van der Waals surface area contributed by atoms with Crippen molar-refractivity contribution in [3.63, 3.8) is 0 Å². The van der Waals surface area contributed by atoms with Crippen molar-refractivity contribution in [3.8, 4) is 0 Å². The van der Waals surface area contributed by atoms with Crippen LogP contribution in [0.4, 0.5) is 0 Å². The number of piperazine rings is 1. The first-order chi connectivity index (χ1) is 12.7. The molecule has 3 saturated heterocycles. The number of amides is 1. The third-order valence-corrected chi connectivity index (χ3v) is 5.52. The van der Waals surface area contributed by atoms with Crippen molar-refractivity contribution in [2.75, 3.05) is 72.7 Å². The summed E-state index contributed by atoms with van der Waals surface area (Å²) in [5, 5.41) is 3.40. The number of guanidine groups is 1. The van der Waals surface area contributed by atoms with Crippen molar-refractivity contribution in [1.82, 2.24) is 20.0 Å². The lowest BCUT2D eigenvalue weighted by molar-refractivity contribution is -0.135. The fourth-order valence-corrected chi connectivity index (χ4v) is 3.87. The number of hydrogen-bond donors (Lipinski definition) is 1. The van der Waals surface area contributed by atoms with Gasteiger partial charge in [0.1, 0.15) is 0 Å². The van der Waals surface area contributed by atoms with Crippen molar-refractivity contribution >= 4 is 11.9 Å². The predicted molar refractivity (Wildman–Crippen MR) is 100 cm³/mol. The van der Waals surface area contributed by atoms with E-state index in [-0.39, 0.29) is 18.1 Å². The zero-order valence-corrected chi connectivity index (χ0v) is 16.2. The maximum absolute atomic E-state index is 12.6. The van der Waals surface area contributed by atoms with E-state index in [9.17, 15) is 4.79 Å². The highest BCUT2D eigenvalue weighted by molar-refractivity contribution is 5.82. The molecule has 2 unspecified atom stereocenters. The van der Waals surface area contributed by atoms with Gasteiger partial charge in [0.2, 0.25) is 5.91 Å². The summed E-state index contributed by atoms with van der Waals surface area (Å²) in [4.78, 5) is 23.6. The zero-order chi connectivity index (χ0) is 18.4. The molecule has 8 nitrogen and oxygen atoms in total. The summed E-state index contributed by atoms with van der Waals surface area (Å²) in [6, 6.07) is -0.0296. The number of aliphatic imine (C=N–C) groups is 1. The monoisotopic (exact) mass is 367 g/mol. The summed E-state index contributed by atoms with van der Waals surface area (Å²) in [7, 11) is 1.81. The Hall–Kier alpha value is -1.38. The van der Waals surface area contributed by atoms with E-state index in [0.29, 0.717) is 26.4 Å². The third-order valence-electron chi connectivity index (χ3n) is 5.52. The summed E-state index contributed by atoms with van der Waals surface area (Å²) >= 11 is 0. The molecule has 3 rings (SSSR count). The van der Waals surface area contributed by atoms with E-state index < -0.39 is 0 Å². The smallest absolute Gasteiger partial charge is 0.239 e. The van der Waals surface area contributed by atoms with Gasteiger partial charge in [0, 0.05) is 52.9 Å². The first kappa shape index (κ1) is 19.4. The lowest BCUT2D eigenvalue weighted by Gasteiger charge is -2.39. The molecule has 8 heteroatoms. The van der Waals surface area contributed by atoms with Crippen molar-refractivity contribution in [3.05, 3.63) is 0 Å². The standard InChI is InChI=1S/C18H33N5O3/c1-15(17(24)22-5-3-4-6-22)21-7-9-23(10-8-21)18(19-2)20-13-16-14-25-11-12-26-16/h15-16H,3-14H2,1-2H3,(H,19,20). The van der Waals surface area contributed by atoms with Gasteiger partial charge < -0.3 is 24.6 Å². The van der Waals surface area contributed by atoms with Crippen LogP contribution < -0.4 is 5.32 Å². The van der Waals surface area contributed by atoms with Gasteiger partial charge in [-0.25, -0.2) is 0 Å². The molecule has 0 saturated carbocycles. The van der Waals surface area contributed by atoms with Crippen molar-refractivity contribution < 1.29 is 14.3 Å². The van der Waals surface area contributed by atoms with Crippen LogP contribution in [-0.2, 0) is 14.3 Å². The van der Waals surface area contributed by atoms with Gasteiger partial charge in [-0.1, -0.05) is 0 Å². The molecule has 0 radical (unpaired) electrons. The topological polar surface area (TPSA) is 69.6 Å². The Bertz CT molecular complexity index is 481. The molecule has 3 aliphatic heterocycles. The summed E-state index contributed by atoms with van der Waals surface area (Å²) < 4.78 is 11.1. The van der Waals surface area contributed by atoms with Crippen LogP contribution in [0.1, 0.15) is 19.8 Å². The number of ether oxygens (including phenoxy) is 2. The third kappa shape index (κ3) is 4.86. The van der Waals surface area contributed by atoms with Gasteiger partial charge >= 0.3 is 0 Å². The van der Waals surface area contributed by atoms with E-state index in [1.807, 2.05) is 18.9 Å². The van der Waals surface area contributed by atoms with Crippen LogP contribution in [0.5, 0.6) is 0 Å². The second-order valence-electron chi connectivity index (χ2n) is 7.23. The molecule has 0 bridgehead atoms. The number of carbonyl (C=O) groups excluding carboxylic acids is 1. The Balaban J connectivity index is 1.43. The molecular formula is C18H33N5O3. The van der Waals surface area contributed by atoms with Crippen molar-refractivity contribution in [1.29, 1.82) is 0 Å². The minimum Gasteiger partial charge on any atom is -0.376 e. The Morgan fingerprint density at radius 3 is 2.46 bits per heavy atom. The van der Waals surface area contributed by atoms with Gasteiger partial charge in [-0.15, -0.1) is 0 Å². The average molecular weight is 367 g/mol. The molecule has 1 N–H and O–H groups in total. The number of nitrogens with one attached hydrogen (secondary N) is 1. The van der Waals surface area contributed by atoms with Crippen molar-refractivity contribution in [2.24, 2.45) is 4.99 Å². The highest BCUT2D eigenvalue weighted by Gasteiger charge is 2.30. The Kier molecular flexibility index (Phi) is 7.10. The van der Waals surface area contributed by atoms with E-state index in [2.05, 4.69) is 20.1 Å². The molecule has 1 amide bonds. The molecule has 2 atom stereocenters. The summed E-state index contributed by atoms with van der Waals surface area (Å²) in [5.41, 5.74) is 0. The molecule has 0 aromatic carbocycles. The van der Waals surface area contributed by atoms with E-state index in [1.165, 1.54) is 0 Å². The lowest BCUT2D eigenvalue weighted by atomic mass is 10.2. The highest BCUT2D eigenvalue weighted by Crippen LogP contribution is 2.14. The average Bonchev–Trinajstić information content (AvgIpc) is 3.23. The van der Waals surface area contributed by atoms with Crippen LogP contribution >= 0.6 is 0 Å². The second kappa shape index (κ2) is 9.53. The van der Waals surface area contributed by atoms with Gasteiger partial charge in [-0.3, -0.25) is 14.7 Å². The van der Waals surface area contributed by atoms with Crippen molar-refractivity contribution in [2.45, 2.75) is 31.9 Å². The molecular weight excluding hydrogens is 334 g/mol. The molecule has 3 aliphatic rings. The lowest BCUT2D eigenvalue weighted by Crippen LogP contribution is -2.57. The Morgan fingerprint density at radius 2 is 1.85 bits per heavy atom. The van der Waals surface area contributed by atoms with E-state index in [0.717, 1.165) is 58.1 Å². The summed E-state index contributed by atoms with van der Waals surface area (Å²) in [6.45, 7) is 10.1. The van der Waals surface area contributed by atoms with E-state index >= 15 is 0 Å². The number of nitrogens with zero attached hydrogens (tertiary/aromatic N) is 4. The highest BCUT2D eigenvalue weighted by atomic mass is 16.6. The van der Waals surface area contributed by atoms with E-state index in [1.54, 1.807) is 0 Å². The number of hydrogen-bond acceptors (Lipinski definition) is 5.